The van der Waals surface area contributed by atoms with Crippen LogP contribution in [0.3, 0.4) is 0 Å². The van der Waals surface area contributed by atoms with E-state index >= 15 is 0 Å². The largest absolute Gasteiger partial charge is 0.494 e. The van der Waals surface area contributed by atoms with Gasteiger partial charge >= 0.3 is 0 Å². The molecule has 17 heavy (non-hydrogen) atoms. The van der Waals surface area contributed by atoms with Gasteiger partial charge in [-0.05, 0) is 35.4 Å². The van der Waals surface area contributed by atoms with Crippen LogP contribution in [0.2, 0.25) is 0 Å². The molecule has 1 saturated carbocycles. The van der Waals surface area contributed by atoms with Crippen molar-refractivity contribution in [2.24, 2.45) is 0 Å². The fourth-order valence-electron chi connectivity index (χ4n) is 1.83. The second-order valence-corrected chi connectivity index (χ2v) is 4.15. The van der Waals surface area contributed by atoms with Gasteiger partial charge in [-0.15, -0.1) is 5.10 Å². The normalized spacial score (nSPS) is 14.9. The third-order valence-electron chi connectivity index (χ3n) is 2.87. The second-order valence-electron chi connectivity index (χ2n) is 4.15. The first-order valence-electron chi connectivity index (χ1n) is 5.52. The minimum atomic E-state index is 0.479. The standard InChI is InChI=1S/C11H13N5O/c1-17-10-6-8(12)4-5-9(10)16-11(7-2-3-7)13-14-15-16/h4-7H,2-3,12H2,1H3. The molecule has 0 radical (unpaired) electrons. The molecule has 6 heteroatoms. The van der Waals surface area contributed by atoms with Gasteiger partial charge in [0.2, 0.25) is 0 Å². The first kappa shape index (κ1) is 10.1. The van der Waals surface area contributed by atoms with Gasteiger partial charge in [-0.25, -0.2) is 0 Å². The van der Waals surface area contributed by atoms with Crippen molar-refractivity contribution in [3.63, 3.8) is 0 Å². The number of rotatable bonds is 3. The van der Waals surface area contributed by atoms with E-state index in [1.807, 2.05) is 12.1 Å². The molecule has 1 heterocycles. The lowest BCUT2D eigenvalue weighted by Crippen LogP contribution is -2.04. The van der Waals surface area contributed by atoms with Crippen molar-refractivity contribution < 1.29 is 4.74 Å². The van der Waals surface area contributed by atoms with E-state index < -0.39 is 0 Å². The molecule has 0 bridgehead atoms. The summed E-state index contributed by atoms with van der Waals surface area (Å²) in [5.41, 5.74) is 7.21. The highest BCUT2D eigenvalue weighted by atomic mass is 16.5. The van der Waals surface area contributed by atoms with Crippen LogP contribution in [0.4, 0.5) is 5.69 Å². The second kappa shape index (κ2) is 3.73. The molecule has 2 aromatic rings. The fraction of sp³-hybridized carbons (Fsp3) is 0.364. The Balaban J connectivity index is 2.10. The minimum Gasteiger partial charge on any atom is -0.494 e. The summed E-state index contributed by atoms with van der Waals surface area (Å²) in [6, 6.07) is 5.46. The van der Waals surface area contributed by atoms with Gasteiger partial charge in [-0.2, -0.15) is 4.68 Å². The summed E-state index contributed by atoms with van der Waals surface area (Å²) >= 11 is 0. The van der Waals surface area contributed by atoms with E-state index in [1.165, 1.54) is 0 Å². The number of ether oxygens (including phenoxy) is 1. The van der Waals surface area contributed by atoms with Crippen molar-refractivity contribution in [3.05, 3.63) is 24.0 Å². The molecule has 3 rings (SSSR count). The lowest BCUT2D eigenvalue weighted by atomic mass is 10.2. The van der Waals surface area contributed by atoms with Crippen LogP contribution in [0.15, 0.2) is 18.2 Å². The van der Waals surface area contributed by atoms with Crippen LogP contribution in [-0.2, 0) is 0 Å². The molecule has 1 aliphatic carbocycles. The summed E-state index contributed by atoms with van der Waals surface area (Å²) in [7, 11) is 1.61. The minimum absolute atomic E-state index is 0.479. The molecule has 0 atom stereocenters. The Labute approximate surface area is 98.4 Å². The number of tetrazole rings is 1. The molecule has 2 N–H and O–H groups in total. The zero-order chi connectivity index (χ0) is 11.8. The number of nitrogens with two attached hydrogens (primary N) is 1. The highest BCUT2D eigenvalue weighted by molar-refractivity contribution is 5.55. The number of anilines is 1. The van der Waals surface area contributed by atoms with Crippen LogP contribution in [0, 0.1) is 0 Å². The van der Waals surface area contributed by atoms with Crippen molar-refractivity contribution in [3.8, 4) is 11.4 Å². The molecule has 1 aromatic heterocycles. The lowest BCUT2D eigenvalue weighted by Gasteiger charge is -2.09. The molecule has 0 saturated heterocycles. The van der Waals surface area contributed by atoms with Gasteiger partial charge < -0.3 is 10.5 Å². The van der Waals surface area contributed by atoms with Crippen LogP contribution in [-0.4, -0.2) is 27.3 Å². The van der Waals surface area contributed by atoms with Crippen molar-refractivity contribution in [2.45, 2.75) is 18.8 Å². The third kappa shape index (κ3) is 1.71. The third-order valence-corrected chi connectivity index (χ3v) is 2.87. The summed E-state index contributed by atoms with van der Waals surface area (Å²) in [6.45, 7) is 0. The summed E-state index contributed by atoms with van der Waals surface area (Å²) in [5, 5.41) is 11.8. The summed E-state index contributed by atoms with van der Waals surface area (Å²) in [5.74, 6) is 2.06. The van der Waals surface area contributed by atoms with E-state index in [0.717, 1.165) is 24.4 Å². The Hall–Kier alpha value is -2.11. The maximum absolute atomic E-state index is 5.73. The average Bonchev–Trinajstić information content (AvgIpc) is 3.07. The quantitative estimate of drug-likeness (QED) is 0.801. The molecule has 0 unspecified atom stereocenters. The summed E-state index contributed by atoms with van der Waals surface area (Å²) < 4.78 is 7.04. The molecule has 88 valence electrons. The topological polar surface area (TPSA) is 78.9 Å². The molecule has 0 aliphatic heterocycles. The van der Waals surface area contributed by atoms with E-state index in [9.17, 15) is 0 Å². The number of hydrogen-bond acceptors (Lipinski definition) is 5. The average molecular weight is 231 g/mol. The number of aromatic nitrogens is 4. The van der Waals surface area contributed by atoms with Crippen LogP contribution >= 0.6 is 0 Å². The predicted molar refractivity (Wildman–Crippen MR) is 62.1 cm³/mol. The maximum atomic E-state index is 5.73. The summed E-state index contributed by atoms with van der Waals surface area (Å²) in [6.07, 6.45) is 2.30. The molecule has 1 fully saturated rings. The number of benzene rings is 1. The van der Waals surface area contributed by atoms with Crippen molar-refractivity contribution in [1.82, 2.24) is 20.2 Å². The number of nitrogens with zero attached hydrogens (tertiary/aromatic N) is 4. The SMILES string of the molecule is COc1cc(N)ccc1-n1nnnc1C1CC1. The van der Waals surface area contributed by atoms with E-state index in [4.69, 9.17) is 10.5 Å². The predicted octanol–water partition coefficient (Wildman–Crippen LogP) is 1.13. The zero-order valence-electron chi connectivity index (χ0n) is 9.50. The lowest BCUT2D eigenvalue weighted by molar-refractivity contribution is 0.411. The smallest absolute Gasteiger partial charge is 0.159 e. The fourth-order valence-corrected chi connectivity index (χ4v) is 1.83. The maximum Gasteiger partial charge on any atom is 0.159 e. The molecule has 1 aromatic carbocycles. The van der Waals surface area contributed by atoms with E-state index in [0.29, 0.717) is 17.4 Å². The van der Waals surface area contributed by atoms with Gasteiger partial charge in [-0.3, -0.25) is 0 Å². The van der Waals surface area contributed by atoms with E-state index in [2.05, 4.69) is 15.5 Å². The highest BCUT2D eigenvalue weighted by Crippen LogP contribution is 2.40. The van der Waals surface area contributed by atoms with Crippen molar-refractivity contribution in [1.29, 1.82) is 0 Å². The number of nitrogen functional groups attached to an aromatic ring is 1. The zero-order valence-corrected chi connectivity index (χ0v) is 9.50. The Morgan fingerprint density at radius 3 is 2.94 bits per heavy atom. The van der Waals surface area contributed by atoms with Crippen LogP contribution < -0.4 is 10.5 Å². The van der Waals surface area contributed by atoms with Crippen molar-refractivity contribution >= 4 is 5.69 Å². The van der Waals surface area contributed by atoms with Gasteiger partial charge in [-0.1, -0.05) is 0 Å². The Morgan fingerprint density at radius 2 is 2.24 bits per heavy atom. The number of methoxy groups -OCH3 is 1. The molecule has 6 nitrogen and oxygen atoms in total. The van der Waals surface area contributed by atoms with Gasteiger partial charge in [0.25, 0.3) is 0 Å². The summed E-state index contributed by atoms with van der Waals surface area (Å²) in [4.78, 5) is 0. The van der Waals surface area contributed by atoms with Gasteiger partial charge in [0.15, 0.2) is 5.82 Å². The van der Waals surface area contributed by atoms with Crippen LogP contribution in [0.1, 0.15) is 24.6 Å². The Morgan fingerprint density at radius 1 is 1.41 bits per heavy atom. The molecule has 1 aliphatic rings. The molecule has 0 spiro atoms. The molecular formula is C11H13N5O. The van der Waals surface area contributed by atoms with Crippen molar-refractivity contribution in [2.75, 3.05) is 12.8 Å². The Bertz CT molecular complexity index is 547. The van der Waals surface area contributed by atoms with Gasteiger partial charge in [0.05, 0.1) is 7.11 Å². The highest BCUT2D eigenvalue weighted by Gasteiger charge is 2.30. The Kier molecular flexibility index (Phi) is 2.21. The molecular weight excluding hydrogens is 218 g/mol. The van der Waals surface area contributed by atoms with Crippen LogP contribution in [0.5, 0.6) is 5.75 Å². The first-order valence-corrected chi connectivity index (χ1v) is 5.52. The van der Waals surface area contributed by atoms with Gasteiger partial charge in [0.1, 0.15) is 11.4 Å². The van der Waals surface area contributed by atoms with E-state index in [-0.39, 0.29) is 0 Å². The number of hydrogen-bond donors (Lipinski definition) is 1. The van der Waals surface area contributed by atoms with E-state index in [1.54, 1.807) is 17.9 Å². The molecule has 0 amide bonds. The van der Waals surface area contributed by atoms with Crippen LogP contribution in [0.25, 0.3) is 5.69 Å². The van der Waals surface area contributed by atoms with Gasteiger partial charge in [0, 0.05) is 17.7 Å². The monoisotopic (exact) mass is 231 g/mol. The first-order chi connectivity index (χ1) is 8.29.